The Labute approximate surface area is 139 Å². The van der Waals surface area contributed by atoms with Gasteiger partial charge in [-0.25, -0.2) is 4.79 Å². The van der Waals surface area contributed by atoms with Crippen molar-refractivity contribution >= 4 is 28.2 Å². The van der Waals surface area contributed by atoms with Gasteiger partial charge in [0, 0.05) is 39.3 Å². The molecule has 126 valence electrons. The summed E-state index contributed by atoms with van der Waals surface area (Å²) in [6.45, 7) is 6.77. The fraction of sp³-hybridized carbons (Fsp3) is 0.667. The van der Waals surface area contributed by atoms with E-state index in [1.807, 2.05) is 46.3 Å². The predicted molar refractivity (Wildman–Crippen MR) is 94.9 cm³/mol. The third kappa shape index (κ3) is 6.46. The summed E-state index contributed by atoms with van der Waals surface area (Å²) in [4.78, 5) is 15.1. The molecule has 0 aliphatic rings. The van der Waals surface area contributed by atoms with Crippen molar-refractivity contribution in [2.45, 2.75) is 31.6 Å². The maximum absolute atomic E-state index is 11.9. The number of nitrogens with one attached hydrogen (secondary N) is 2. The number of rotatable bonds is 7. The average molecular weight is 346 g/mol. The van der Waals surface area contributed by atoms with E-state index in [1.165, 1.54) is 4.88 Å². The van der Waals surface area contributed by atoms with Gasteiger partial charge in [-0.1, -0.05) is 6.07 Å². The van der Waals surface area contributed by atoms with Crippen LogP contribution in [0, 0.1) is 0 Å². The highest BCUT2D eigenvalue weighted by atomic mass is 32.2. The Morgan fingerprint density at radius 3 is 2.55 bits per heavy atom. The number of hydrogen-bond donors (Lipinski definition) is 2. The fourth-order valence-corrected chi connectivity index (χ4v) is 3.66. The number of amides is 2. The van der Waals surface area contributed by atoms with Gasteiger partial charge in [0.25, 0.3) is 0 Å². The highest BCUT2D eigenvalue weighted by molar-refractivity contribution is 7.86. The highest BCUT2D eigenvalue weighted by Crippen LogP contribution is 2.22. The molecule has 0 bridgehead atoms. The van der Waals surface area contributed by atoms with Crippen molar-refractivity contribution < 1.29 is 9.00 Å². The Morgan fingerprint density at radius 1 is 1.36 bits per heavy atom. The van der Waals surface area contributed by atoms with Gasteiger partial charge in [-0.3, -0.25) is 4.21 Å². The topological polar surface area (TPSA) is 61.4 Å². The van der Waals surface area contributed by atoms with Gasteiger partial charge in [0.15, 0.2) is 0 Å². The van der Waals surface area contributed by atoms with Crippen LogP contribution < -0.4 is 10.6 Å². The highest BCUT2D eigenvalue weighted by Gasteiger charge is 2.19. The molecular formula is C15H27N3O2S2. The third-order valence-corrected chi connectivity index (χ3v) is 6.12. The van der Waals surface area contributed by atoms with Gasteiger partial charge in [0.05, 0.1) is 6.04 Å². The van der Waals surface area contributed by atoms with Crippen molar-refractivity contribution in [3.05, 3.63) is 22.4 Å². The van der Waals surface area contributed by atoms with Crippen LogP contribution in [0.4, 0.5) is 4.79 Å². The molecule has 0 aliphatic carbocycles. The molecule has 0 saturated heterocycles. The van der Waals surface area contributed by atoms with Crippen molar-refractivity contribution in [3.63, 3.8) is 0 Å². The quantitative estimate of drug-likeness (QED) is 0.796. The summed E-state index contributed by atoms with van der Waals surface area (Å²) in [5, 5.41) is 7.68. The van der Waals surface area contributed by atoms with Crippen molar-refractivity contribution in [3.8, 4) is 0 Å². The van der Waals surface area contributed by atoms with E-state index >= 15 is 0 Å². The van der Waals surface area contributed by atoms with Crippen molar-refractivity contribution in [1.82, 2.24) is 15.5 Å². The monoisotopic (exact) mass is 345 g/mol. The summed E-state index contributed by atoms with van der Waals surface area (Å²) in [7, 11) is 3.05. The van der Waals surface area contributed by atoms with Crippen LogP contribution in [0.25, 0.3) is 0 Å². The van der Waals surface area contributed by atoms with Gasteiger partial charge in [0.1, 0.15) is 0 Å². The molecule has 0 aromatic carbocycles. The van der Waals surface area contributed by atoms with E-state index in [0.29, 0.717) is 18.8 Å². The molecule has 1 aromatic rings. The number of carbonyl (C=O) groups excluding carboxylic acids is 1. The first kappa shape index (κ1) is 19.1. The standard InChI is InChI=1S/C15H27N3O2S2/c1-15(2,3)22(20)10-8-16-14(19)17-11-12(18(4)5)13-7-6-9-21-13/h6-7,9,12H,8,10-11H2,1-5H3,(H2,16,17,19)/t12-,22+/m1/s1. The Bertz CT molecular complexity index is 481. The van der Waals surface area contributed by atoms with E-state index in [-0.39, 0.29) is 16.8 Å². The van der Waals surface area contributed by atoms with E-state index < -0.39 is 10.8 Å². The van der Waals surface area contributed by atoms with Gasteiger partial charge >= 0.3 is 6.03 Å². The average Bonchev–Trinajstić information content (AvgIpc) is 2.91. The molecule has 0 spiro atoms. The van der Waals surface area contributed by atoms with Crippen LogP contribution in [-0.4, -0.2) is 52.8 Å². The Kier molecular flexibility index (Phi) is 7.52. The molecule has 2 amide bonds. The van der Waals surface area contributed by atoms with Gasteiger partial charge < -0.3 is 15.5 Å². The molecule has 0 unspecified atom stereocenters. The molecule has 1 aromatic heterocycles. The maximum Gasteiger partial charge on any atom is 0.314 e. The minimum absolute atomic E-state index is 0.162. The molecule has 0 saturated carbocycles. The van der Waals surface area contributed by atoms with Crippen LogP contribution in [0.15, 0.2) is 17.5 Å². The summed E-state index contributed by atoms with van der Waals surface area (Å²) < 4.78 is 11.6. The van der Waals surface area contributed by atoms with Gasteiger partial charge in [0.2, 0.25) is 0 Å². The van der Waals surface area contributed by atoms with Gasteiger partial charge in [-0.15, -0.1) is 11.3 Å². The van der Waals surface area contributed by atoms with E-state index in [0.717, 1.165) is 0 Å². The smallest absolute Gasteiger partial charge is 0.314 e. The Balaban J connectivity index is 2.34. The summed E-state index contributed by atoms with van der Waals surface area (Å²) in [5.41, 5.74) is 0. The second kappa shape index (κ2) is 8.64. The van der Waals surface area contributed by atoms with Crippen molar-refractivity contribution in [2.24, 2.45) is 0 Å². The van der Waals surface area contributed by atoms with Crippen LogP contribution in [0.3, 0.4) is 0 Å². The van der Waals surface area contributed by atoms with Crippen LogP contribution in [0.2, 0.25) is 0 Å². The third-order valence-electron chi connectivity index (χ3n) is 3.21. The second-order valence-electron chi connectivity index (χ2n) is 6.29. The van der Waals surface area contributed by atoms with E-state index in [1.54, 1.807) is 11.3 Å². The molecule has 2 atom stereocenters. The lowest BCUT2D eigenvalue weighted by Crippen LogP contribution is -2.42. The zero-order chi connectivity index (χ0) is 16.8. The number of thiophene rings is 1. The van der Waals surface area contributed by atoms with Gasteiger partial charge in [-0.2, -0.15) is 0 Å². The van der Waals surface area contributed by atoms with Crippen molar-refractivity contribution in [2.75, 3.05) is 32.9 Å². The molecule has 22 heavy (non-hydrogen) atoms. The number of urea groups is 1. The molecule has 1 rings (SSSR count). The summed E-state index contributed by atoms with van der Waals surface area (Å²) in [5.74, 6) is 0.471. The van der Waals surface area contributed by atoms with Crippen LogP contribution >= 0.6 is 11.3 Å². The summed E-state index contributed by atoms with van der Waals surface area (Å²) in [6, 6.07) is 4.03. The number of nitrogens with zero attached hydrogens (tertiary/aromatic N) is 1. The molecule has 0 fully saturated rings. The SMILES string of the molecule is CN(C)[C@H](CNC(=O)NCC[S@](=O)C(C)(C)C)c1cccs1. The minimum atomic E-state index is -0.947. The molecule has 0 aliphatic heterocycles. The lowest BCUT2D eigenvalue weighted by molar-refractivity contribution is 0.234. The zero-order valence-electron chi connectivity index (χ0n) is 14.0. The second-order valence-corrected chi connectivity index (χ2v) is 9.60. The normalized spacial score (nSPS) is 14.6. The first-order valence-corrected chi connectivity index (χ1v) is 9.51. The largest absolute Gasteiger partial charge is 0.337 e. The number of hydrogen-bond acceptors (Lipinski definition) is 4. The van der Waals surface area contributed by atoms with E-state index in [4.69, 9.17) is 0 Å². The molecule has 5 nitrogen and oxygen atoms in total. The lowest BCUT2D eigenvalue weighted by Gasteiger charge is -2.23. The fourth-order valence-electron chi connectivity index (χ4n) is 1.83. The lowest BCUT2D eigenvalue weighted by atomic mass is 10.2. The molecule has 7 heteroatoms. The van der Waals surface area contributed by atoms with E-state index in [9.17, 15) is 9.00 Å². The molecule has 2 N–H and O–H groups in total. The van der Waals surface area contributed by atoms with Gasteiger partial charge in [-0.05, 0) is 46.3 Å². The Hall–Kier alpha value is -0.920. The summed E-state index contributed by atoms with van der Waals surface area (Å²) >= 11 is 1.68. The van der Waals surface area contributed by atoms with Crippen LogP contribution in [0.1, 0.15) is 31.7 Å². The maximum atomic E-state index is 11.9. The first-order valence-electron chi connectivity index (χ1n) is 7.32. The molecule has 1 heterocycles. The zero-order valence-corrected chi connectivity index (χ0v) is 15.6. The first-order chi connectivity index (χ1) is 10.2. The minimum Gasteiger partial charge on any atom is -0.337 e. The van der Waals surface area contributed by atoms with Crippen LogP contribution in [0.5, 0.6) is 0 Å². The number of likely N-dealkylation sites (N-methyl/N-ethyl adjacent to an activating group) is 1. The number of carbonyl (C=O) groups is 1. The van der Waals surface area contributed by atoms with E-state index in [2.05, 4.69) is 21.6 Å². The predicted octanol–water partition coefficient (Wildman–Crippen LogP) is 2.20. The van der Waals surface area contributed by atoms with Crippen molar-refractivity contribution in [1.29, 1.82) is 0 Å². The molecule has 0 radical (unpaired) electrons. The van der Waals surface area contributed by atoms with Crippen LogP contribution in [-0.2, 0) is 10.8 Å². The summed E-state index contributed by atoms with van der Waals surface area (Å²) in [6.07, 6.45) is 0. The molecular weight excluding hydrogens is 318 g/mol. The Morgan fingerprint density at radius 2 is 2.05 bits per heavy atom.